The molecule has 0 aromatic heterocycles. The van der Waals surface area contributed by atoms with E-state index in [0.717, 1.165) is 5.56 Å². The fourth-order valence-electron chi connectivity index (χ4n) is 1.82. The third-order valence-electron chi connectivity index (χ3n) is 3.04. The Hall–Kier alpha value is -2.49. The van der Waals surface area contributed by atoms with Gasteiger partial charge in [-0.05, 0) is 38.1 Å². The van der Waals surface area contributed by atoms with Gasteiger partial charge in [0, 0.05) is 11.8 Å². The van der Waals surface area contributed by atoms with Crippen molar-refractivity contribution >= 4 is 11.6 Å². The number of rotatable bonds is 5. The molecule has 110 valence electrons. The second-order valence-corrected chi connectivity index (χ2v) is 4.79. The van der Waals surface area contributed by atoms with Gasteiger partial charge in [-0.1, -0.05) is 23.8 Å². The zero-order chi connectivity index (χ0) is 15.2. The minimum absolute atomic E-state index is 0.205. The van der Waals surface area contributed by atoms with Crippen LogP contribution in [-0.2, 0) is 4.79 Å². The van der Waals surface area contributed by atoms with E-state index in [0.29, 0.717) is 17.2 Å². The molecule has 0 fully saturated rings. The number of amides is 1. The summed E-state index contributed by atoms with van der Waals surface area (Å²) in [6.45, 7) is 3.72. The number of carbonyl (C=O) groups is 1. The van der Waals surface area contributed by atoms with Crippen LogP contribution in [0.2, 0.25) is 0 Å². The van der Waals surface area contributed by atoms with Crippen LogP contribution in [0.1, 0.15) is 12.5 Å². The predicted molar refractivity (Wildman–Crippen MR) is 82.9 cm³/mol. The Morgan fingerprint density at radius 1 is 1.10 bits per heavy atom. The lowest BCUT2D eigenvalue weighted by molar-refractivity contribution is -0.122. The molecule has 0 saturated heterocycles. The summed E-state index contributed by atoms with van der Waals surface area (Å²) in [6.07, 6.45) is -0.584. The van der Waals surface area contributed by atoms with Gasteiger partial charge in [0.15, 0.2) is 6.10 Å². The summed E-state index contributed by atoms with van der Waals surface area (Å²) < 4.78 is 10.7. The number of nitrogens with one attached hydrogen (secondary N) is 1. The van der Waals surface area contributed by atoms with Gasteiger partial charge in [-0.2, -0.15) is 0 Å². The van der Waals surface area contributed by atoms with E-state index in [1.165, 1.54) is 0 Å². The second-order valence-electron chi connectivity index (χ2n) is 4.79. The maximum absolute atomic E-state index is 12.1. The number of carbonyl (C=O) groups excluding carboxylic acids is 1. The first-order chi connectivity index (χ1) is 10.1. The monoisotopic (exact) mass is 285 g/mol. The number of benzene rings is 2. The molecule has 4 nitrogen and oxygen atoms in total. The molecule has 2 rings (SSSR count). The Kier molecular flexibility index (Phi) is 4.82. The summed E-state index contributed by atoms with van der Waals surface area (Å²) >= 11 is 0. The molecule has 2 aromatic carbocycles. The average Bonchev–Trinajstić information content (AvgIpc) is 2.49. The van der Waals surface area contributed by atoms with E-state index < -0.39 is 6.10 Å². The zero-order valence-corrected chi connectivity index (χ0v) is 12.4. The maximum Gasteiger partial charge on any atom is 0.265 e. The second kappa shape index (κ2) is 6.79. The van der Waals surface area contributed by atoms with Gasteiger partial charge >= 0.3 is 0 Å². The van der Waals surface area contributed by atoms with Crippen molar-refractivity contribution in [2.45, 2.75) is 20.0 Å². The smallest absolute Gasteiger partial charge is 0.265 e. The van der Waals surface area contributed by atoms with Crippen molar-refractivity contribution < 1.29 is 14.3 Å². The highest BCUT2D eigenvalue weighted by Crippen LogP contribution is 2.18. The van der Waals surface area contributed by atoms with Crippen molar-refractivity contribution in [2.75, 3.05) is 12.4 Å². The van der Waals surface area contributed by atoms with Crippen molar-refractivity contribution in [1.29, 1.82) is 0 Å². The summed E-state index contributed by atoms with van der Waals surface area (Å²) in [4.78, 5) is 12.1. The summed E-state index contributed by atoms with van der Waals surface area (Å²) in [5, 5.41) is 2.80. The van der Waals surface area contributed by atoms with Crippen LogP contribution >= 0.6 is 0 Å². The largest absolute Gasteiger partial charge is 0.497 e. The third-order valence-corrected chi connectivity index (χ3v) is 3.04. The average molecular weight is 285 g/mol. The normalized spacial score (nSPS) is 11.6. The highest BCUT2D eigenvalue weighted by molar-refractivity contribution is 5.94. The molecule has 0 aliphatic rings. The fraction of sp³-hybridized carbons (Fsp3) is 0.235. The van der Waals surface area contributed by atoms with Crippen LogP contribution in [0.15, 0.2) is 48.5 Å². The lowest BCUT2D eigenvalue weighted by atomic mass is 10.2. The molecule has 0 bridgehead atoms. The zero-order valence-electron chi connectivity index (χ0n) is 12.4. The van der Waals surface area contributed by atoms with Crippen LogP contribution in [0.4, 0.5) is 5.69 Å². The Morgan fingerprint density at radius 2 is 1.81 bits per heavy atom. The van der Waals surface area contributed by atoms with E-state index in [2.05, 4.69) is 5.32 Å². The third kappa shape index (κ3) is 4.24. The van der Waals surface area contributed by atoms with Gasteiger partial charge in [-0.3, -0.25) is 4.79 Å². The molecule has 0 spiro atoms. The molecule has 0 radical (unpaired) electrons. The first-order valence-electron chi connectivity index (χ1n) is 6.77. The number of aryl methyl sites for hydroxylation is 1. The van der Waals surface area contributed by atoms with Gasteiger partial charge in [0.1, 0.15) is 11.5 Å². The van der Waals surface area contributed by atoms with E-state index in [9.17, 15) is 4.79 Å². The van der Waals surface area contributed by atoms with E-state index in [4.69, 9.17) is 9.47 Å². The lowest BCUT2D eigenvalue weighted by Gasteiger charge is -2.15. The van der Waals surface area contributed by atoms with E-state index in [-0.39, 0.29) is 5.91 Å². The highest BCUT2D eigenvalue weighted by Gasteiger charge is 2.15. The molecular formula is C17H19NO3. The van der Waals surface area contributed by atoms with Crippen LogP contribution < -0.4 is 14.8 Å². The minimum Gasteiger partial charge on any atom is -0.497 e. The highest BCUT2D eigenvalue weighted by atomic mass is 16.5. The maximum atomic E-state index is 12.1. The number of methoxy groups -OCH3 is 1. The molecule has 1 atom stereocenters. The molecule has 1 amide bonds. The fourth-order valence-corrected chi connectivity index (χ4v) is 1.82. The van der Waals surface area contributed by atoms with Gasteiger partial charge in [0.05, 0.1) is 7.11 Å². The molecule has 2 aromatic rings. The molecule has 0 aliphatic heterocycles. The predicted octanol–water partition coefficient (Wildman–Crippen LogP) is 3.41. The molecule has 1 N–H and O–H groups in total. The minimum atomic E-state index is -0.584. The molecule has 0 heterocycles. The summed E-state index contributed by atoms with van der Waals surface area (Å²) in [7, 11) is 1.59. The molecule has 0 unspecified atom stereocenters. The van der Waals surface area contributed by atoms with Crippen LogP contribution in [0.3, 0.4) is 0 Å². The van der Waals surface area contributed by atoms with Crippen molar-refractivity contribution in [3.05, 3.63) is 54.1 Å². The van der Waals surface area contributed by atoms with Gasteiger partial charge in [-0.25, -0.2) is 0 Å². The van der Waals surface area contributed by atoms with Crippen LogP contribution in [0.25, 0.3) is 0 Å². The van der Waals surface area contributed by atoms with E-state index >= 15 is 0 Å². The Labute approximate surface area is 124 Å². The van der Waals surface area contributed by atoms with Gasteiger partial charge in [-0.15, -0.1) is 0 Å². The van der Waals surface area contributed by atoms with Crippen LogP contribution in [0, 0.1) is 6.92 Å². The Morgan fingerprint density at radius 3 is 2.48 bits per heavy atom. The summed E-state index contributed by atoms with van der Waals surface area (Å²) in [6, 6.07) is 14.8. The first kappa shape index (κ1) is 14.9. The molecule has 21 heavy (non-hydrogen) atoms. The SMILES string of the molecule is COc1cccc(NC(=O)[C@@H](C)Oc2ccc(C)cc2)c1. The van der Waals surface area contributed by atoms with Crippen molar-refractivity contribution in [3.63, 3.8) is 0 Å². The number of hydrogen-bond acceptors (Lipinski definition) is 3. The summed E-state index contributed by atoms with van der Waals surface area (Å²) in [5.74, 6) is 1.16. The van der Waals surface area contributed by atoms with Crippen LogP contribution in [0.5, 0.6) is 11.5 Å². The first-order valence-corrected chi connectivity index (χ1v) is 6.77. The molecule has 0 saturated carbocycles. The Balaban J connectivity index is 1.97. The van der Waals surface area contributed by atoms with Gasteiger partial charge in [0.2, 0.25) is 0 Å². The quantitative estimate of drug-likeness (QED) is 0.915. The topological polar surface area (TPSA) is 47.6 Å². The van der Waals surface area contributed by atoms with E-state index in [1.807, 2.05) is 43.3 Å². The number of hydrogen-bond donors (Lipinski definition) is 1. The molecule has 4 heteroatoms. The standard InChI is InChI=1S/C17H19NO3/c1-12-7-9-15(10-8-12)21-13(2)17(19)18-14-5-4-6-16(11-14)20-3/h4-11,13H,1-3H3,(H,18,19)/t13-/m1/s1. The lowest BCUT2D eigenvalue weighted by Crippen LogP contribution is -2.30. The van der Waals surface area contributed by atoms with Crippen molar-refractivity contribution in [3.8, 4) is 11.5 Å². The van der Waals surface area contributed by atoms with Gasteiger partial charge in [0.25, 0.3) is 5.91 Å². The number of ether oxygens (including phenoxy) is 2. The van der Waals surface area contributed by atoms with Crippen LogP contribution in [-0.4, -0.2) is 19.1 Å². The molecular weight excluding hydrogens is 266 g/mol. The number of anilines is 1. The Bertz CT molecular complexity index is 608. The summed E-state index contributed by atoms with van der Waals surface area (Å²) in [5.41, 5.74) is 1.83. The van der Waals surface area contributed by atoms with Crippen molar-refractivity contribution in [1.82, 2.24) is 0 Å². The van der Waals surface area contributed by atoms with E-state index in [1.54, 1.807) is 26.2 Å². The molecule has 0 aliphatic carbocycles. The van der Waals surface area contributed by atoms with Gasteiger partial charge < -0.3 is 14.8 Å². The van der Waals surface area contributed by atoms with Crippen molar-refractivity contribution in [2.24, 2.45) is 0 Å².